The Morgan fingerprint density at radius 1 is 1.21 bits per heavy atom. The number of aliphatic carboxylic acids is 1. The zero-order valence-corrected chi connectivity index (χ0v) is 23.9. The summed E-state index contributed by atoms with van der Waals surface area (Å²) in [6, 6.07) is 11.3. The number of anilines is 1. The number of carbonyl (C=O) groups excluding carboxylic acids is 2. The van der Waals surface area contributed by atoms with Crippen molar-refractivity contribution in [2.45, 2.75) is 36.2 Å². The van der Waals surface area contributed by atoms with Crippen LogP contribution in [0, 0.1) is 11.3 Å². The van der Waals surface area contributed by atoms with Crippen LogP contribution in [-0.4, -0.2) is 66.3 Å². The van der Waals surface area contributed by atoms with E-state index in [1.54, 1.807) is 24.3 Å². The quantitative estimate of drug-likeness (QED) is 0.311. The van der Waals surface area contributed by atoms with Crippen molar-refractivity contribution in [1.29, 1.82) is 5.26 Å². The van der Waals surface area contributed by atoms with Gasteiger partial charge in [-0.3, -0.25) is 14.6 Å². The first kappa shape index (κ1) is 30.4. The van der Waals surface area contributed by atoms with Crippen LogP contribution < -0.4 is 15.4 Å². The fourth-order valence-corrected chi connectivity index (χ4v) is 6.50. The molecule has 218 valence electrons. The second-order valence-electron chi connectivity index (χ2n) is 9.37. The molecule has 1 aromatic heterocycles. The van der Waals surface area contributed by atoms with Crippen LogP contribution in [0.25, 0.3) is 0 Å². The molecule has 0 radical (unpaired) electrons. The summed E-state index contributed by atoms with van der Waals surface area (Å²) in [4.78, 5) is 41.7. The average molecular weight is 612 g/mol. The summed E-state index contributed by atoms with van der Waals surface area (Å²) in [7, 11) is -2.72. The van der Waals surface area contributed by atoms with Crippen molar-refractivity contribution in [3.63, 3.8) is 0 Å². The summed E-state index contributed by atoms with van der Waals surface area (Å²) in [5.74, 6) is -2.36. The highest BCUT2D eigenvalue weighted by Gasteiger charge is 2.40. The van der Waals surface area contributed by atoms with Gasteiger partial charge in [0, 0.05) is 24.8 Å². The molecule has 2 aromatic carbocycles. The molecule has 0 spiro atoms. The van der Waals surface area contributed by atoms with E-state index in [1.807, 2.05) is 6.07 Å². The van der Waals surface area contributed by atoms with Crippen molar-refractivity contribution in [3.8, 4) is 11.8 Å². The summed E-state index contributed by atoms with van der Waals surface area (Å²) in [5.41, 5.74) is 1.22. The molecular weight excluding hydrogens is 586 g/mol. The number of sulfonamides is 1. The summed E-state index contributed by atoms with van der Waals surface area (Å²) in [5, 5.41) is 24.2. The number of aromatic nitrogens is 1. The van der Waals surface area contributed by atoms with Crippen molar-refractivity contribution < 1.29 is 32.6 Å². The first-order valence-corrected chi connectivity index (χ1v) is 14.5. The van der Waals surface area contributed by atoms with E-state index in [0.29, 0.717) is 17.7 Å². The van der Waals surface area contributed by atoms with Gasteiger partial charge in [-0.2, -0.15) is 9.57 Å². The molecule has 0 aliphatic carbocycles. The first-order chi connectivity index (χ1) is 20.0. The van der Waals surface area contributed by atoms with E-state index in [9.17, 15) is 27.9 Å². The van der Waals surface area contributed by atoms with Crippen molar-refractivity contribution in [3.05, 3.63) is 82.6 Å². The number of carbonyl (C=O) groups is 3. The highest BCUT2D eigenvalue weighted by atomic mass is 35.5. The molecule has 1 aliphatic heterocycles. The molecular formula is C28H26ClN5O7S. The fourth-order valence-electron chi connectivity index (χ4n) is 4.57. The molecule has 4 rings (SSSR count). The lowest BCUT2D eigenvalue weighted by molar-refractivity contribution is -0.142. The van der Waals surface area contributed by atoms with Crippen molar-refractivity contribution in [1.82, 2.24) is 14.6 Å². The molecule has 12 nitrogen and oxygen atoms in total. The van der Waals surface area contributed by atoms with Crippen molar-refractivity contribution in [2.75, 3.05) is 19.0 Å². The van der Waals surface area contributed by atoms with Crippen molar-refractivity contribution >= 4 is 45.1 Å². The number of methoxy groups -OCH3 is 1. The summed E-state index contributed by atoms with van der Waals surface area (Å²) < 4.78 is 32.7. The molecule has 1 fully saturated rings. The van der Waals surface area contributed by atoms with Gasteiger partial charge in [0.1, 0.15) is 17.6 Å². The second kappa shape index (κ2) is 13.0. The van der Waals surface area contributed by atoms with Crippen LogP contribution in [0.1, 0.15) is 34.3 Å². The minimum absolute atomic E-state index is 0.0820. The molecule has 14 heteroatoms. The maximum atomic E-state index is 13.3. The molecule has 3 aromatic rings. The third-order valence-corrected chi connectivity index (χ3v) is 8.84. The van der Waals surface area contributed by atoms with Gasteiger partial charge in [0.25, 0.3) is 5.91 Å². The number of pyridine rings is 1. The number of ether oxygens (including phenoxy) is 1. The predicted octanol–water partition coefficient (Wildman–Crippen LogP) is 2.83. The standard InChI is InChI=1S/C28H26ClN5O7S/c1-41-24-16-31-15-21(29)25(24)27(36)32-19-9-7-17(8-10-19)13-22(28(37)38)33-26(35)23-6-3-11-34(23)42(39,40)20-5-2-4-18(12-20)14-30/h2,4-5,7-10,12,15-16,22-23H,3,6,11,13H2,1H3,(H,32,36)(H,33,35)(H,37,38)/t22-,23?/m0/s1. The summed E-state index contributed by atoms with van der Waals surface area (Å²) in [6.07, 6.45) is 3.21. The summed E-state index contributed by atoms with van der Waals surface area (Å²) in [6.45, 7) is 0.0820. The minimum atomic E-state index is -4.10. The van der Waals surface area contributed by atoms with E-state index in [4.69, 9.17) is 21.6 Å². The molecule has 1 saturated heterocycles. The van der Waals surface area contributed by atoms with Gasteiger partial charge in [0.15, 0.2) is 5.75 Å². The topological polar surface area (TPSA) is 179 Å². The van der Waals surface area contributed by atoms with E-state index < -0.39 is 39.9 Å². The number of rotatable bonds is 10. The lowest BCUT2D eigenvalue weighted by Gasteiger charge is -2.25. The molecule has 2 heterocycles. The maximum absolute atomic E-state index is 13.3. The number of nitriles is 1. The highest BCUT2D eigenvalue weighted by Crippen LogP contribution is 2.28. The molecule has 1 unspecified atom stereocenters. The SMILES string of the molecule is COc1cncc(Cl)c1C(=O)Nc1ccc(C[C@H](NC(=O)C2CCCN2S(=O)(=O)c2cccc(C#N)c2)C(=O)O)cc1. The molecule has 1 aliphatic rings. The Morgan fingerprint density at radius 2 is 1.95 bits per heavy atom. The summed E-state index contributed by atoms with van der Waals surface area (Å²) >= 11 is 6.11. The Bertz CT molecular complexity index is 1660. The normalized spacial score (nSPS) is 15.8. The largest absolute Gasteiger partial charge is 0.494 e. The van der Waals surface area contributed by atoms with E-state index >= 15 is 0 Å². The number of hydrogen-bond donors (Lipinski definition) is 3. The lowest BCUT2D eigenvalue weighted by atomic mass is 10.0. The van der Waals surface area contributed by atoms with E-state index in [-0.39, 0.29) is 46.2 Å². The van der Waals surface area contributed by atoms with Crippen LogP contribution in [0.3, 0.4) is 0 Å². The molecule has 0 saturated carbocycles. The van der Waals surface area contributed by atoms with Crippen LogP contribution in [0.4, 0.5) is 5.69 Å². The van der Waals surface area contributed by atoms with Crippen LogP contribution in [-0.2, 0) is 26.0 Å². The first-order valence-electron chi connectivity index (χ1n) is 12.7. The Labute approximate surface area is 246 Å². The number of benzene rings is 2. The predicted molar refractivity (Wildman–Crippen MR) is 152 cm³/mol. The number of carboxylic acid groups (broad SMARTS) is 1. The van der Waals surface area contributed by atoms with Crippen LogP contribution in [0.5, 0.6) is 5.75 Å². The van der Waals surface area contributed by atoms with Gasteiger partial charge in [-0.05, 0) is 48.7 Å². The lowest BCUT2D eigenvalue weighted by Crippen LogP contribution is -2.51. The highest BCUT2D eigenvalue weighted by molar-refractivity contribution is 7.89. The van der Waals surface area contributed by atoms with E-state index in [0.717, 1.165) is 4.31 Å². The third-order valence-electron chi connectivity index (χ3n) is 6.65. The van der Waals surface area contributed by atoms with Crippen LogP contribution in [0.2, 0.25) is 5.02 Å². The Hall–Kier alpha value is -4.51. The number of nitrogens with zero attached hydrogens (tertiary/aromatic N) is 3. The number of nitrogens with one attached hydrogen (secondary N) is 2. The second-order valence-corrected chi connectivity index (χ2v) is 11.7. The van der Waals surface area contributed by atoms with Gasteiger partial charge in [-0.1, -0.05) is 29.8 Å². The van der Waals surface area contributed by atoms with Crippen LogP contribution in [0.15, 0.2) is 65.8 Å². The monoisotopic (exact) mass is 611 g/mol. The number of hydrogen-bond acceptors (Lipinski definition) is 8. The number of carboxylic acids is 1. The van der Waals surface area contributed by atoms with Gasteiger partial charge in [-0.15, -0.1) is 0 Å². The molecule has 3 N–H and O–H groups in total. The van der Waals surface area contributed by atoms with Gasteiger partial charge in [0.2, 0.25) is 15.9 Å². The van der Waals surface area contributed by atoms with Gasteiger partial charge < -0.3 is 20.5 Å². The third kappa shape index (κ3) is 6.68. The maximum Gasteiger partial charge on any atom is 0.326 e. The van der Waals surface area contributed by atoms with Gasteiger partial charge in [-0.25, -0.2) is 13.2 Å². The van der Waals surface area contributed by atoms with E-state index in [1.165, 1.54) is 43.8 Å². The zero-order chi connectivity index (χ0) is 30.4. The van der Waals surface area contributed by atoms with Crippen molar-refractivity contribution in [2.24, 2.45) is 0 Å². The fraction of sp³-hybridized carbons (Fsp3) is 0.250. The van der Waals surface area contributed by atoms with Crippen LogP contribution >= 0.6 is 11.6 Å². The van der Waals surface area contributed by atoms with E-state index in [2.05, 4.69) is 15.6 Å². The zero-order valence-electron chi connectivity index (χ0n) is 22.3. The molecule has 42 heavy (non-hydrogen) atoms. The molecule has 0 bridgehead atoms. The average Bonchev–Trinajstić information content (AvgIpc) is 3.49. The molecule has 2 amide bonds. The minimum Gasteiger partial charge on any atom is -0.494 e. The Balaban J connectivity index is 1.43. The Morgan fingerprint density at radius 3 is 2.62 bits per heavy atom. The number of halogens is 1. The van der Waals surface area contributed by atoms with Gasteiger partial charge in [0.05, 0.1) is 34.9 Å². The number of amides is 2. The molecule has 2 atom stereocenters. The smallest absolute Gasteiger partial charge is 0.326 e. The van der Waals surface area contributed by atoms with Gasteiger partial charge >= 0.3 is 5.97 Å². The Kier molecular flexibility index (Phi) is 9.41.